The van der Waals surface area contributed by atoms with Crippen LogP contribution in [0.1, 0.15) is 25.0 Å². The summed E-state index contributed by atoms with van der Waals surface area (Å²) >= 11 is 0. The Bertz CT molecular complexity index is 490. The van der Waals surface area contributed by atoms with E-state index in [1.165, 1.54) is 5.57 Å². The highest BCUT2D eigenvalue weighted by Crippen LogP contribution is 2.21. The van der Waals surface area contributed by atoms with Crippen molar-refractivity contribution in [3.05, 3.63) is 35.3 Å². The van der Waals surface area contributed by atoms with Crippen molar-refractivity contribution in [3.63, 3.8) is 0 Å². The van der Waals surface area contributed by atoms with Crippen LogP contribution in [0.3, 0.4) is 0 Å². The fourth-order valence-electron chi connectivity index (χ4n) is 1.98. The number of anilines is 2. The highest BCUT2D eigenvalue weighted by atomic mass is 15.1. The van der Waals surface area contributed by atoms with Gasteiger partial charge in [-0.1, -0.05) is 12.2 Å². The van der Waals surface area contributed by atoms with Crippen LogP contribution in [-0.4, -0.2) is 17.0 Å². The van der Waals surface area contributed by atoms with Gasteiger partial charge in [-0.3, -0.25) is 0 Å². The van der Waals surface area contributed by atoms with Crippen LogP contribution >= 0.6 is 0 Å². The average molecular weight is 245 g/mol. The van der Waals surface area contributed by atoms with Gasteiger partial charge in [-0.25, -0.2) is 9.97 Å². The number of hydrogen-bond acceptors (Lipinski definition) is 5. The van der Waals surface area contributed by atoms with E-state index in [4.69, 9.17) is 11.5 Å². The van der Waals surface area contributed by atoms with E-state index in [0.29, 0.717) is 11.6 Å². The van der Waals surface area contributed by atoms with Gasteiger partial charge in [0, 0.05) is 12.7 Å². The van der Waals surface area contributed by atoms with Crippen molar-refractivity contribution in [3.8, 4) is 0 Å². The van der Waals surface area contributed by atoms with Crippen LogP contribution in [0.5, 0.6) is 0 Å². The van der Waals surface area contributed by atoms with Crippen LogP contribution in [0, 0.1) is 0 Å². The third-order valence-corrected chi connectivity index (χ3v) is 3.07. The van der Waals surface area contributed by atoms with Crippen molar-refractivity contribution >= 4 is 11.6 Å². The molecular weight excluding hydrogens is 226 g/mol. The first-order chi connectivity index (χ1) is 8.70. The number of hydrogen-bond donors (Lipinski definition) is 3. The summed E-state index contributed by atoms with van der Waals surface area (Å²) in [4.78, 5) is 8.43. The minimum absolute atomic E-state index is 0.598. The molecule has 1 aliphatic rings. The van der Waals surface area contributed by atoms with Crippen molar-refractivity contribution in [1.82, 2.24) is 9.97 Å². The molecule has 0 atom stereocenters. The molecule has 0 radical (unpaired) electrons. The largest absolute Gasteiger partial charge is 0.402 e. The number of nitrogens with one attached hydrogen (secondary N) is 1. The summed E-state index contributed by atoms with van der Waals surface area (Å²) in [6, 6.07) is 0. The second-order valence-electron chi connectivity index (χ2n) is 4.34. The van der Waals surface area contributed by atoms with Crippen LogP contribution in [0.4, 0.5) is 11.6 Å². The number of nitrogen functional groups attached to an aromatic ring is 1. The molecule has 1 aliphatic carbocycles. The van der Waals surface area contributed by atoms with E-state index in [2.05, 4.69) is 27.4 Å². The molecule has 5 nitrogen and oxygen atoms in total. The Balaban J connectivity index is 2.08. The number of nitrogens with two attached hydrogens (primary N) is 2. The lowest BCUT2D eigenvalue weighted by Gasteiger charge is -2.12. The summed E-state index contributed by atoms with van der Waals surface area (Å²) in [5.74, 6) is 0.598. The lowest BCUT2D eigenvalue weighted by atomic mass is 9.99. The van der Waals surface area contributed by atoms with Gasteiger partial charge in [-0.2, -0.15) is 0 Å². The first-order valence-electron chi connectivity index (χ1n) is 6.14. The number of aromatic nitrogens is 2. The van der Waals surface area contributed by atoms with Crippen LogP contribution in [0.15, 0.2) is 29.6 Å². The Hall–Kier alpha value is -2.04. The first-order valence-corrected chi connectivity index (χ1v) is 6.14. The molecule has 2 rings (SSSR count). The third-order valence-electron chi connectivity index (χ3n) is 3.07. The predicted octanol–water partition coefficient (Wildman–Crippen LogP) is 1.60. The third kappa shape index (κ3) is 2.80. The molecule has 0 bridgehead atoms. The van der Waals surface area contributed by atoms with Crippen LogP contribution in [-0.2, 0) is 6.42 Å². The first kappa shape index (κ1) is 12.4. The summed E-state index contributed by atoms with van der Waals surface area (Å²) in [6.45, 7) is 0. The van der Waals surface area contributed by atoms with Gasteiger partial charge in [0.05, 0.1) is 17.6 Å². The lowest BCUT2D eigenvalue weighted by molar-refractivity contribution is 0.848. The van der Waals surface area contributed by atoms with Crippen LogP contribution in [0.25, 0.3) is 0 Å². The van der Waals surface area contributed by atoms with Crippen LogP contribution < -0.4 is 16.8 Å². The molecule has 1 heterocycles. The Labute approximate surface area is 107 Å². The fourth-order valence-corrected chi connectivity index (χ4v) is 1.98. The normalized spacial score (nSPS) is 14.9. The summed E-state index contributed by atoms with van der Waals surface area (Å²) < 4.78 is 0. The number of aryl methyl sites for hydroxylation is 1. The molecule has 18 heavy (non-hydrogen) atoms. The van der Waals surface area contributed by atoms with Crippen molar-refractivity contribution in [1.29, 1.82) is 0 Å². The SMILES string of the molecule is CNc1ncc(N)c(CCC2=C(N)CCC=C2)n1. The average Bonchev–Trinajstić information content (AvgIpc) is 2.39. The minimum Gasteiger partial charge on any atom is -0.402 e. The Kier molecular flexibility index (Phi) is 3.82. The molecule has 0 saturated carbocycles. The maximum Gasteiger partial charge on any atom is 0.222 e. The zero-order valence-corrected chi connectivity index (χ0v) is 10.6. The van der Waals surface area contributed by atoms with Gasteiger partial charge in [-0.05, 0) is 31.3 Å². The molecule has 0 fully saturated rings. The van der Waals surface area contributed by atoms with Gasteiger partial charge in [0.15, 0.2) is 0 Å². The lowest BCUT2D eigenvalue weighted by Crippen LogP contribution is -2.07. The van der Waals surface area contributed by atoms with E-state index >= 15 is 0 Å². The fraction of sp³-hybridized carbons (Fsp3) is 0.385. The highest BCUT2D eigenvalue weighted by Gasteiger charge is 2.08. The van der Waals surface area contributed by atoms with E-state index in [1.807, 2.05) is 0 Å². The van der Waals surface area contributed by atoms with E-state index in [9.17, 15) is 0 Å². The van der Waals surface area contributed by atoms with Gasteiger partial charge in [0.25, 0.3) is 0 Å². The Morgan fingerprint density at radius 1 is 1.33 bits per heavy atom. The highest BCUT2D eigenvalue weighted by molar-refractivity contribution is 5.44. The van der Waals surface area contributed by atoms with Gasteiger partial charge in [-0.15, -0.1) is 0 Å². The molecule has 0 aromatic carbocycles. The van der Waals surface area contributed by atoms with E-state index in [-0.39, 0.29) is 0 Å². The van der Waals surface area contributed by atoms with Gasteiger partial charge < -0.3 is 16.8 Å². The quantitative estimate of drug-likeness (QED) is 0.749. The molecule has 5 N–H and O–H groups in total. The second kappa shape index (κ2) is 5.53. The standard InChI is InChI=1S/C13H19N5/c1-16-13-17-8-11(15)12(18-13)7-6-9-4-2-3-5-10(9)14/h2,4,8H,3,5-7,14-15H2,1H3,(H,16,17,18). The maximum absolute atomic E-state index is 5.99. The summed E-state index contributed by atoms with van der Waals surface area (Å²) in [6.07, 6.45) is 9.55. The Morgan fingerprint density at radius 2 is 2.17 bits per heavy atom. The monoisotopic (exact) mass is 245 g/mol. The smallest absolute Gasteiger partial charge is 0.222 e. The maximum atomic E-state index is 5.99. The van der Waals surface area contributed by atoms with Crippen molar-refractivity contribution in [2.45, 2.75) is 25.7 Å². The molecular formula is C13H19N5. The van der Waals surface area contributed by atoms with Gasteiger partial charge in [0.2, 0.25) is 5.95 Å². The molecule has 96 valence electrons. The molecule has 5 heteroatoms. The van der Waals surface area contributed by atoms with E-state index in [1.54, 1.807) is 13.2 Å². The molecule has 1 aromatic heterocycles. The Morgan fingerprint density at radius 3 is 2.89 bits per heavy atom. The zero-order valence-electron chi connectivity index (χ0n) is 10.6. The molecule has 0 unspecified atom stereocenters. The number of nitrogens with zero attached hydrogens (tertiary/aromatic N) is 2. The second-order valence-corrected chi connectivity index (χ2v) is 4.34. The molecule has 0 spiro atoms. The number of allylic oxidation sites excluding steroid dienone is 4. The molecule has 0 saturated heterocycles. The van der Waals surface area contributed by atoms with E-state index < -0.39 is 0 Å². The summed E-state index contributed by atoms with van der Waals surface area (Å²) in [5, 5.41) is 2.91. The van der Waals surface area contributed by atoms with Crippen molar-refractivity contribution in [2.24, 2.45) is 5.73 Å². The molecule has 0 amide bonds. The van der Waals surface area contributed by atoms with E-state index in [0.717, 1.165) is 37.1 Å². The summed E-state index contributed by atoms with van der Waals surface area (Å²) in [7, 11) is 1.79. The minimum atomic E-state index is 0.598. The van der Waals surface area contributed by atoms with Gasteiger partial charge in [0.1, 0.15) is 0 Å². The van der Waals surface area contributed by atoms with Crippen molar-refractivity contribution in [2.75, 3.05) is 18.1 Å². The van der Waals surface area contributed by atoms with Gasteiger partial charge >= 0.3 is 0 Å². The summed E-state index contributed by atoms with van der Waals surface area (Å²) in [5.41, 5.74) is 15.6. The topological polar surface area (TPSA) is 89.8 Å². The molecule has 1 aromatic rings. The van der Waals surface area contributed by atoms with Crippen molar-refractivity contribution < 1.29 is 0 Å². The molecule has 0 aliphatic heterocycles. The predicted molar refractivity (Wildman–Crippen MR) is 73.9 cm³/mol. The zero-order chi connectivity index (χ0) is 13.0. The number of rotatable bonds is 4. The van der Waals surface area contributed by atoms with Crippen LogP contribution in [0.2, 0.25) is 0 Å².